The van der Waals surface area contributed by atoms with E-state index in [1.165, 1.54) is 0 Å². The number of rotatable bonds is 5. The first kappa shape index (κ1) is 10.4. The summed E-state index contributed by atoms with van der Waals surface area (Å²) in [7, 11) is 1.88. The fourth-order valence-electron chi connectivity index (χ4n) is 1.35. The van der Waals surface area contributed by atoms with Crippen molar-refractivity contribution in [1.82, 2.24) is 5.32 Å². The van der Waals surface area contributed by atoms with Gasteiger partial charge in [-0.3, -0.25) is 4.79 Å². The van der Waals surface area contributed by atoms with Gasteiger partial charge in [-0.1, -0.05) is 13.8 Å². The molecule has 0 bridgehead atoms. The number of nitrogens with one attached hydrogen (secondary N) is 1. The van der Waals surface area contributed by atoms with Crippen LogP contribution in [-0.4, -0.2) is 19.5 Å². The molecule has 0 aromatic rings. The van der Waals surface area contributed by atoms with Crippen molar-refractivity contribution in [1.29, 1.82) is 0 Å². The van der Waals surface area contributed by atoms with Crippen LogP contribution < -0.4 is 11.1 Å². The fraction of sp³-hybridized carbons (Fsp3) is 0.875. The average molecular weight is 158 g/mol. The third-order valence-electron chi connectivity index (χ3n) is 2.02. The van der Waals surface area contributed by atoms with E-state index in [0.29, 0.717) is 5.92 Å². The molecule has 0 saturated heterocycles. The van der Waals surface area contributed by atoms with Crippen LogP contribution in [0.25, 0.3) is 0 Å². The lowest BCUT2D eigenvalue weighted by atomic mass is 9.91. The van der Waals surface area contributed by atoms with E-state index in [1.54, 1.807) is 0 Å². The van der Waals surface area contributed by atoms with Crippen LogP contribution in [0.2, 0.25) is 0 Å². The van der Waals surface area contributed by atoms with E-state index in [4.69, 9.17) is 5.73 Å². The number of hydrogen-bond donors (Lipinski definition) is 2. The maximum absolute atomic E-state index is 10.8. The Hall–Kier alpha value is -0.570. The summed E-state index contributed by atoms with van der Waals surface area (Å²) in [5.74, 6) is 0.167. The van der Waals surface area contributed by atoms with Crippen LogP contribution in [0.3, 0.4) is 0 Å². The summed E-state index contributed by atoms with van der Waals surface area (Å²) in [6.07, 6.45) is 0.832. The van der Waals surface area contributed by atoms with Crippen LogP contribution in [0.15, 0.2) is 0 Å². The molecule has 0 rings (SSSR count). The summed E-state index contributed by atoms with van der Waals surface area (Å²) >= 11 is 0. The highest BCUT2D eigenvalue weighted by Gasteiger charge is 2.19. The zero-order valence-electron chi connectivity index (χ0n) is 7.55. The number of primary amides is 1. The summed E-state index contributed by atoms with van der Waals surface area (Å²) in [4.78, 5) is 10.8. The van der Waals surface area contributed by atoms with Gasteiger partial charge >= 0.3 is 0 Å². The molecule has 0 aliphatic carbocycles. The molecule has 66 valence electrons. The molecule has 0 aromatic carbocycles. The van der Waals surface area contributed by atoms with Crippen molar-refractivity contribution in [2.24, 2.45) is 17.6 Å². The van der Waals surface area contributed by atoms with Crippen molar-refractivity contribution in [2.75, 3.05) is 13.6 Å². The Morgan fingerprint density at radius 2 is 2.18 bits per heavy atom. The molecule has 1 amide bonds. The van der Waals surface area contributed by atoms with E-state index >= 15 is 0 Å². The van der Waals surface area contributed by atoms with Gasteiger partial charge in [0.2, 0.25) is 5.91 Å². The molecule has 0 fully saturated rings. The summed E-state index contributed by atoms with van der Waals surface area (Å²) in [5.41, 5.74) is 5.21. The molecule has 2 unspecified atom stereocenters. The molecule has 3 nitrogen and oxygen atoms in total. The summed E-state index contributed by atoms with van der Waals surface area (Å²) < 4.78 is 0. The first-order valence-electron chi connectivity index (χ1n) is 4.07. The molecular weight excluding hydrogens is 140 g/mol. The molecule has 0 heterocycles. The lowest BCUT2D eigenvalue weighted by molar-refractivity contribution is -0.123. The van der Waals surface area contributed by atoms with E-state index in [0.717, 1.165) is 13.0 Å². The Bertz CT molecular complexity index is 125. The predicted octanol–water partition coefficient (Wildman–Crippen LogP) is 0.353. The zero-order chi connectivity index (χ0) is 8.85. The predicted molar refractivity (Wildman–Crippen MR) is 46.1 cm³/mol. The minimum atomic E-state index is -0.185. The van der Waals surface area contributed by atoms with Gasteiger partial charge in [0, 0.05) is 5.92 Å². The maximum Gasteiger partial charge on any atom is 0.220 e. The van der Waals surface area contributed by atoms with E-state index in [9.17, 15) is 4.79 Å². The van der Waals surface area contributed by atoms with Gasteiger partial charge in [-0.05, 0) is 25.9 Å². The van der Waals surface area contributed by atoms with Gasteiger partial charge in [-0.15, -0.1) is 0 Å². The van der Waals surface area contributed by atoms with Crippen LogP contribution in [0, 0.1) is 11.8 Å². The van der Waals surface area contributed by atoms with Crippen LogP contribution in [0.4, 0.5) is 0 Å². The third kappa shape index (κ3) is 3.37. The monoisotopic (exact) mass is 158 g/mol. The highest BCUT2D eigenvalue weighted by Crippen LogP contribution is 2.13. The second kappa shape index (κ2) is 5.13. The fourth-order valence-corrected chi connectivity index (χ4v) is 1.35. The van der Waals surface area contributed by atoms with Gasteiger partial charge in [0.05, 0.1) is 0 Å². The second-order valence-corrected chi connectivity index (χ2v) is 2.95. The number of carbonyl (C=O) groups is 1. The molecule has 0 aromatic heterocycles. The average Bonchev–Trinajstić information content (AvgIpc) is 1.88. The van der Waals surface area contributed by atoms with Gasteiger partial charge in [-0.25, -0.2) is 0 Å². The normalized spacial score (nSPS) is 15.9. The van der Waals surface area contributed by atoms with Crippen molar-refractivity contribution < 1.29 is 4.79 Å². The quantitative estimate of drug-likeness (QED) is 0.606. The Morgan fingerprint density at radius 3 is 2.45 bits per heavy atom. The van der Waals surface area contributed by atoms with Gasteiger partial charge in [0.1, 0.15) is 0 Å². The van der Waals surface area contributed by atoms with Gasteiger partial charge < -0.3 is 11.1 Å². The molecule has 3 N–H and O–H groups in total. The molecule has 0 aliphatic rings. The Balaban J connectivity index is 3.91. The standard InChI is InChI=1S/C8H18N2O/c1-4-7(8(9)11)6(2)5-10-3/h6-7,10H,4-5H2,1-3H3,(H2,9,11). The van der Waals surface area contributed by atoms with Crippen molar-refractivity contribution in [3.05, 3.63) is 0 Å². The van der Waals surface area contributed by atoms with E-state index in [2.05, 4.69) is 5.32 Å². The second-order valence-electron chi connectivity index (χ2n) is 2.95. The van der Waals surface area contributed by atoms with E-state index in [-0.39, 0.29) is 11.8 Å². The topological polar surface area (TPSA) is 55.1 Å². The largest absolute Gasteiger partial charge is 0.369 e. The van der Waals surface area contributed by atoms with Gasteiger partial charge in [-0.2, -0.15) is 0 Å². The van der Waals surface area contributed by atoms with E-state index < -0.39 is 0 Å². The molecule has 2 atom stereocenters. The van der Waals surface area contributed by atoms with Crippen molar-refractivity contribution in [2.45, 2.75) is 20.3 Å². The number of nitrogens with two attached hydrogens (primary N) is 1. The summed E-state index contributed by atoms with van der Waals surface area (Å²) in [6, 6.07) is 0. The molecule has 11 heavy (non-hydrogen) atoms. The lowest BCUT2D eigenvalue weighted by Gasteiger charge is -2.18. The molecule has 3 heteroatoms. The van der Waals surface area contributed by atoms with Crippen LogP contribution in [-0.2, 0) is 4.79 Å². The van der Waals surface area contributed by atoms with Crippen molar-refractivity contribution in [3.63, 3.8) is 0 Å². The lowest BCUT2D eigenvalue weighted by Crippen LogP contribution is -2.32. The van der Waals surface area contributed by atoms with Crippen LogP contribution in [0.5, 0.6) is 0 Å². The van der Waals surface area contributed by atoms with Crippen molar-refractivity contribution >= 4 is 5.91 Å². The van der Waals surface area contributed by atoms with Crippen molar-refractivity contribution in [3.8, 4) is 0 Å². The van der Waals surface area contributed by atoms with Crippen LogP contribution in [0.1, 0.15) is 20.3 Å². The molecule has 0 radical (unpaired) electrons. The number of carbonyl (C=O) groups excluding carboxylic acids is 1. The summed E-state index contributed by atoms with van der Waals surface area (Å²) in [6.45, 7) is 4.87. The highest BCUT2D eigenvalue weighted by atomic mass is 16.1. The molecule has 0 spiro atoms. The summed E-state index contributed by atoms with van der Waals surface area (Å²) in [5, 5.41) is 3.03. The Kier molecular flexibility index (Phi) is 4.86. The SMILES string of the molecule is CCC(C(N)=O)C(C)CNC. The zero-order valence-corrected chi connectivity index (χ0v) is 7.55. The van der Waals surface area contributed by atoms with Crippen LogP contribution >= 0.6 is 0 Å². The third-order valence-corrected chi connectivity index (χ3v) is 2.02. The van der Waals surface area contributed by atoms with Gasteiger partial charge in [0.15, 0.2) is 0 Å². The number of hydrogen-bond acceptors (Lipinski definition) is 2. The molecule has 0 saturated carbocycles. The molecular formula is C8H18N2O. The van der Waals surface area contributed by atoms with E-state index in [1.807, 2.05) is 20.9 Å². The Labute approximate surface area is 68.3 Å². The first-order chi connectivity index (χ1) is 5.13. The highest BCUT2D eigenvalue weighted by molar-refractivity contribution is 5.76. The minimum absolute atomic E-state index is 0.0162. The Morgan fingerprint density at radius 1 is 1.64 bits per heavy atom. The minimum Gasteiger partial charge on any atom is -0.369 e. The number of amides is 1. The maximum atomic E-state index is 10.8. The molecule has 0 aliphatic heterocycles. The smallest absolute Gasteiger partial charge is 0.220 e. The first-order valence-corrected chi connectivity index (χ1v) is 4.07. The van der Waals surface area contributed by atoms with Gasteiger partial charge in [0.25, 0.3) is 0 Å².